The summed E-state index contributed by atoms with van der Waals surface area (Å²) in [5.41, 5.74) is 0. The van der Waals surface area contributed by atoms with Gasteiger partial charge in [0.25, 0.3) is 0 Å². The van der Waals surface area contributed by atoms with Crippen molar-refractivity contribution in [2.75, 3.05) is 26.0 Å². The Bertz CT molecular complexity index is 280. The van der Waals surface area contributed by atoms with Gasteiger partial charge in [0.15, 0.2) is 0 Å². The third kappa shape index (κ3) is 2.80. The number of hydrogen-bond acceptors (Lipinski definition) is 4. The first kappa shape index (κ1) is 12.0. The number of esters is 1. The molecule has 0 unspecified atom stereocenters. The highest BCUT2D eigenvalue weighted by Gasteiger charge is 2.37. The van der Waals surface area contributed by atoms with Crippen LogP contribution in [0.15, 0.2) is 11.5 Å². The lowest BCUT2D eigenvalue weighted by molar-refractivity contribution is -0.139. The molecule has 0 saturated carbocycles. The Balaban J connectivity index is 1.74. The highest BCUT2D eigenvalue weighted by Crippen LogP contribution is 2.32. The summed E-state index contributed by atoms with van der Waals surface area (Å²) in [6.07, 6.45) is 7.21. The molecule has 0 amide bonds. The van der Waals surface area contributed by atoms with Gasteiger partial charge in [-0.2, -0.15) is 0 Å². The van der Waals surface area contributed by atoms with Gasteiger partial charge in [0, 0.05) is 18.0 Å². The number of thioether (sulfide) groups is 1. The van der Waals surface area contributed by atoms with E-state index in [1.54, 1.807) is 5.41 Å². The van der Waals surface area contributed by atoms with Crippen LogP contribution in [-0.2, 0) is 9.53 Å². The molecule has 90 valence electrons. The average molecular weight is 241 g/mol. The minimum atomic E-state index is -0.203. The second-order valence-electron chi connectivity index (χ2n) is 4.46. The van der Waals surface area contributed by atoms with Crippen molar-refractivity contribution in [3.63, 3.8) is 0 Å². The molecule has 2 aliphatic heterocycles. The zero-order valence-electron chi connectivity index (χ0n) is 9.72. The molecule has 2 fully saturated rings. The second kappa shape index (κ2) is 5.73. The Hall–Kier alpha value is -0.480. The number of rotatable bonds is 4. The minimum absolute atomic E-state index is 0.203. The van der Waals surface area contributed by atoms with Crippen LogP contribution in [0.4, 0.5) is 0 Å². The van der Waals surface area contributed by atoms with E-state index in [1.807, 2.05) is 6.26 Å². The fraction of sp³-hybridized carbons (Fsp3) is 0.750. The zero-order chi connectivity index (χ0) is 11.4. The zero-order valence-corrected chi connectivity index (χ0v) is 10.5. The van der Waals surface area contributed by atoms with E-state index in [0.717, 1.165) is 0 Å². The number of nitrogens with zero attached hydrogens (tertiary/aromatic N) is 1. The predicted octanol–water partition coefficient (Wildman–Crippen LogP) is 1.89. The molecule has 2 atom stereocenters. The highest BCUT2D eigenvalue weighted by molar-refractivity contribution is 8.01. The third-order valence-electron chi connectivity index (χ3n) is 3.53. The van der Waals surface area contributed by atoms with Crippen molar-refractivity contribution in [3.8, 4) is 0 Å². The van der Waals surface area contributed by atoms with Gasteiger partial charge in [-0.25, -0.2) is 4.79 Å². The van der Waals surface area contributed by atoms with E-state index < -0.39 is 0 Å². The Labute approximate surface area is 101 Å². The third-order valence-corrected chi connectivity index (χ3v) is 3.93. The Kier molecular flexibility index (Phi) is 4.29. The molecule has 2 aliphatic rings. The van der Waals surface area contributed by atoms with E-state index in [4.69, 9.17) is 4.74 Å². The van der Waals surface area contributed by atoms with Gasteiger partial charge in [-0.3, -0.25) is 4.90 Å². The van der Waals surface area contributed by atoms with Gasteiger partial charge in [-0.1, -0.05) is 0 Å². The number of carbonyl (C=O) groups is 1. The largest absolute Gasteiger partial charge is 0.462 e. The van der Waals surface area contributed by atoms with Crippen molar-refractivity contribution >= 4 is 17.7 Å². The van der Waals surface area contributed by atoms with Crippen LogP contribution < -0.4 is 0 Å². The van der Waals surface area contributed by atoms with Gasteiger partial charge in [0.05, 0.1) is 6.61 Å². The molecule has 0 aromatic rings. The van der Waals surface area contributed by atoms with Gasteiger partial charge in [0.2, 0.25) is 0 Å². The molecule has 2 heterocycles. The van der Waals surface area contributed by atoms with Crippen molar-refractivity contribution in [3.05, 3.63) is 11.5 Å². The minimum Gasteiger partial charge on any atom is -0.462 e. The molecule has 16 heavy (non-hydrogen) atoms. The van der Waals surface area contributed by atoms with Crippen LogP contribution in [-0.4, -0.2) is 42.9 Å². The fourth-order valence-electron chi connectivity index (χ4n) is 2.74. The lowest BCUT2D eigenvalue weighted by atomic mass is 9.99. The van der Waals surface area contributed by atoms with Crippen molar-refractivity contribution < 1.29 is 9.53 Å². The SMILES string of the molecule is CS/C=C/C(=O)OC[C@H]1CCN2CCC[C@H]12. The number of carbonyl (C=O) groups excluding carboxylic acids is 1. The summed E-state index contributed by atoms with van der Waals surface area (Å²) in [6, 6.07) is 0.678. The van der Waals surface area contributed by atoms with E-state index >= 15 is 0 Å². The molecule has 3 nitrogen and oxygen atoms in total. The molecule has 0 aromatic carbocycles. The summed E-state index contributed by atoms with van der Waals surface area (Å²) in [5.74, 6) is 0.361. The van der Waals surface area contributed by atoms with Crippen LogP contribution in [0.3, 0.4) is 0 Å². The van der Waals surface area contributed by atoms with Crippen molar-refractivity contribution in [2.45, 2.75) is 25.3 Å². The number of ether oxygens (including phenoxy) is 1. The maximum absolute atomic E-state index is 11.3. The maximum atomic E-state index is 11.3. The lowest BCUT2D eigenvalue weighted by Crippen LogP contribution is -2.28. The topological polar surface area (TPSA) is 29.5 Å². The van der Waals surface area contributed by atoms with E-state index in [1.165, 1.54) is 50.2 Å². The van der Waals surface area contributed by atoms with Crippen molar-refractivity contribution in [1.82, 2.24) is 4.90 Å². The highest BCUT2D eigenvalue weighted by atomic mass is 32.2. The Morgan fingerprint density at radius 2 is 2.38 bits per heavy atom. The van der Waals surface area contributed by atoms with Crippen LogP contribution in [0.2, 0.25) is 0 Å². The Morgan fingerprint density at radius 1 is 1.50 bits per heavy atom. The van der Waals surface area contributed by atoms with E-state index in [9.17, 15) is 4.79 Å². The molecule has 0 aromatic heterocycles. The van der Waals surface area contributed by atoms with E-state index in [-0.39, 0.29) is 5.97 Å². The summed E-state index contributed by atoms with van der Waals surface area (Å²) in [6.45, 7) is 3.02. The molecular weight excluding hydrogens is 222 g/mol. The maximum Gasteiger partial charge on any atom is 0.331 e. The summed E-state index contributed by atoms with van der Waals surface area (Å²) < 4.78 is 5.27. The first-order chi connectivity index (χ1) is 7.81. The molecule has 0 radical (unpaired) electrons. The van der Waals surface area contributed by atoms with Crippen LogP contribution >= 0.6 is 11.8 Å². The van der Waals surface area contributed by atoms with Gasteiger partial charge in [-0.05, 0) is 44.0 Å². The van der Waals surface area contributed by atoms with E-state index in [2.05, 4.69) is 4.90 Å². The van der Waals surface area contributed by atoms with E-state index in [0.29, 0.717) is 18.6 Å². The first-order valence-electron chi connectivity index (χ1n) is 5.91. The summed E-state index contributed by atoms with van der Waals surface area (Å²) >= 11 is 1.51. The van der Waals surface area contributed by atoms with Crippen LogP contribution in [0.1, 0.15) is 19.3 Å². The summed E-state index contributed by atoms with van der Waals surface area (Å²) in [7, 11) is 0. The quantitative estimate of drug-likeness (QED) is 0.555. The monoisotopic (exact) mass is 241 g/mol. The van der Waals surface area contributed by atoms with Crippen molar-refractivity contribution in [1.29, 1.82) is 0 Å². The fourth-order valence-corrected chi connectivity index (χ4v) is 2.99. The van der Waals surface area contributed by atoms with Crippen LogP contribution in [0.5, 0.6) is 0 Å². The molecule has 0 aliphatic carbocycles. The standard InChI is InChI=1S/C12H19NO2S/c1-16-8-5-12(14)15-9-10-4-7-13-6-2-3-11(10)13/h5,8,10-11H,2-4,6-7,9H2,1H3/b8-5+/t10-,11-/m1/s1. The van der Waals surface area contributed by atoms with Gasteiger partial charge >= 0.3 is 5.97 Å². The van der Waals surface area contributed by atoms with Crippen LogP contribution in [0.25, 0.3) is 0 Å². The normalized spacial score (nSPS) is 29.8. The van der Waals surface area contributed by atoms with Crippen LogP contribution in [0, 0.1) is 5.92 Å². The average Bonchev–Trinajstić information content (AvgIpc) is 2.86. The lowest BCUT2D eigenvalue weighted by Gasteiger charge is -2.19. The van der Waals surface area contributed by atoms with Gasteiger partial charge < -0.3 is 4.74 Å². The van der Waals surface area contributed by atoms with Gasteiger partial charge in [-0.15, -0.1) is 11.8 Å². The molecule has 2 rings (SSSR count). The molecular formula is C12H19NO2S. The number of fused-ring (bicyclic) bond motifs is 1. The predicted molar refractivity (Wildman–Crippen MR) is 66.3 cm³/mol. The summed E-state index contributed by atoms with van der Waals surface area (Å²) in [4.78, 5) is 13.9. The summed E-state index contributed by atoms with van der Waals surface area (Å²) in [5, 5.41) is 1.76. The smallest absolute Gasteiger partial charge is 0.331 e. The van der Waals surface area contributed by atoms with Crippen molar-refractivity contribution in [2.24, 2.45) is 5.92 Å². The first-order valence-corrected chi connectivity index (χ1v) is 7.20. The second-order valence-corrected chi connectivity index (χ2v) is 5.21. The molecule has 0 N–H and O–H groups in total. The molecule has 0 bridgehead atoms. The molecule has 4 heteroatoms. The molecule has 0 spiro atoms. The molecule has 2 saturated heterocycles. The number of hydrogen-bond donors (Lipinski definition) is 0. The van der Waals surface area contributed by atoms with Gasteiger partial charge in [0.1, 0.15) is 0 Å². The Morgan fingerprint density at radius 3 is 3.19 bits per heavy atom.